The van der Waals surface area contributed by atoms with E-state index >= 15 is 0 Å². The largest absolute Gasteiger partial charge is 0.467 e. The molecule has 0 saturated carbocycles. The van der Waals surface area contributed by atoms with Crippen molar-refractivity contribution in [3.05, 3.63) is 0 Å². The van der Waals surface area contributed by atoms with Gasteiger partial charge in [0, 0.05) is 14.6 Å². The highest BCUT2D eigenvalue weighted by atomic mass is 16.6. The summed E-state index contributed by atoms with van der Waals surface area (Å²) in [6, 6.07) is 0. The molecule has 1 heterocycles. The van der Waals surface area contributed by atoms with Crippen molar-refractivity contribution in [2.45, 2.75) is 53.1 Å². The van der Waals surface area contributed by atoms with Crippen molar-refractivity contribution in [3.8, 4) is 0 Å². The van der Waals surface area contributed by atoms with Crippen LogP contribution in [0, 0.1) is 11.8 Å². The summed E-state index contributed by atoms with van der Waals surface area (Å²) in [6.45, 7) is 12.7. The highest BCUT2D eigenvalue weighted by Gasteiger charge is 2.43. The van der Waals surface area contributed by atoms with Crippen LogP contribution < -0.4 is 5.32 Å². The second kappa shape index (κ2) is 9.32. The van der Waals surface area contributed by atoms with Crippen molar-refractivity contribution in [2.24, 2.45) is 11.8 Å². The van der Waals surface area contributed by atoms with Crippen LogP contribution in [-0.2, 0) is 14.3 Å². The molecule has 1 saturated heterocycles. The molecule has 0 bridgehead atoms. The minimum atomic E-state index is -0.761. The maximum atomic E-state index is 11.8. The predicted octanol–water partition coefficient (Wildman–Crippen LogP) is 2.86. The molecule has 1 fully saturated rings. The Bertz CT molecular complexity index is 259. The zero-order valence-corrected chi connectivity index (χ0v) is 13.4. The van der Waals surface area contributed by atoms with E-state index in [0.717, 1.165) is 25.3 Å². The van der Waals surface area contributed by atoms with Gasteiger partial charge in [-0.2, -0.15) is 0 Å². The molecule has 0 amide bonds. The van der Waals surface area contributed by atoms with E-state index in [4.69, 9.17) is 9.47 Å². The average molecular weight is 275 g/mol. The van der Waals surface area contributed by atoms with E-state index in [1.807, 2.05) is 6.92 Å². The third-order valence-electron chi connectivity index (χ3n) is 2.72. The molecule has 2 atom stereocenters. The topological polar surface area (TPSA) is 47.6 Å². The standard InChI is InChI=1S/C11H21NO3.C4H10.H2/c1-4-5-15-11(10(13)14-3)6-9(2)7-12-8-11;1-4(2)3;/h9,12H,4-8H2,1-3H3;4H,1-3H3;1H/t9-,11+;;/m1../s1. The smallest absolute Gasteiger partial charge is 0.339 e. The van der Waals surface area contributed by atoms with Crippen LogP contribution in [0.15, 0.2) is 0 Å². The normalized spacial score (nSPS) is 26.6. The zero-order valence-electron chi connectivity index (χ0n) is 13.4. The number of nitrogens with one attached hydrogen (secondary N) is 1. The molecule has 0 unspecified atom stereocenters. The van der Waals surface area contributed by atoms with Gasteiger partial charge in [-0.15, -0.1) is 0 Å². The van der Waals surface area contributed by atoms with Gasteiger partial charge in [0.1, 0.15) is 0 Å². The maximum Gasteiger partial charge on any atom is 0.339 e. The van der Waals surface area contributed by atoms with E-state index in [1.54, 1.807) is 0 Å². The zero-order chi connectivity index (χ0) is 14.9. The van der Waals surface area contributed by atoms with Crippen LogP contribution in [0.5, 0.6) is 0 Å². The SMILES string of the molecule is CC(C)C.CCCO[C@]1(C(=O)OC)CNC[C@H](C)C1.[HH]. The summed E-state index contributed by atoms with van der Waals surface area (Å²) >= 11 is 0. The lowest BCUT2D eigenvalue weighted by Crippen LogP contribution is -2.56. The van der Waals surface area contributed by atoms with Gasteiger partial charge in [-0.05, 0) is 31.2 Å². The first-order chi connectivity index (χ1) is 8.88. The molecular weight excluding hydrogens is 242 g/mol. The first-order valence-electron chi connectivity index (χ1n) is 7.31. The number of hydrogen-bond acceptors (Lipinski definition) is 4. The Balaban J connectivity index is 0. The average Bonchev–Trinajstić information content (AvgIpc) is 2.34. The molecule has 1 aliphatic heterocycles. The molecule has 0 spiro atoms. The maximum absolute atomic E-state index is 11.8. The molecule has 0 aromatic carbocycles. The van der Waals surface area contributed by atoms with E-state index in [1.165, 1.54) is 7.11 Å². The van der Waals surface area contributed by atoms with Crippen LogP contribution in [0.4, 0.5) is 0 Å². The monoisotopic (exact) mass is 275 g/mol. The second-order valence-electron chi connectivity index (χ2n) is 6.01. The summed E-state index contributed by atoms with van der Waals surface area (Å²) in [6.07, 6.45) is 1.65. The number of esters is 1. The van der Waals surface area contributed by atoms with E-state index in [-0.39, 0.29) is 7.40 Å². The molecule has 0 aliphatic carbocycles. The Kier molecular flexibility index (Phi) is 9.02. The lowest BCUT2D eigenvalue weighted by atomic mass is 9.87. The first kappa shape index (κ1) is 18.4. The van der Waals surface area contributed by atoms with Gasteiger partial charge in [0.05, 0.1) is 7.11 Å². The highest BCUT2D eigenvalue weighted by Crippen LogP contribution is 2.26. The lowest BCUT2D eigenvalue weighted by Gasteiger charge is -2.37. The number of carbonyl (C=O) groups is 1. The van der Waals surface area contributed by atoms with Crippen LogP contribution in [0.3, 0.4) is 0 Å². The van der Waals surface area contributed by atoms with Gasteiger partial charge in [0.2, 0.25) is 0 Å². The number of ether oxygens (including phenoxy) is 2. The number of methoxy groups -OCH3 is 1. The minimum Gasteiger partial charge on any atom is -0.467 e. The highest BCUT2D eigenvalue weighted by molar-refractivity contribution is 5.80. The van der Waals surface area contributed by atoms with E-state index in [9.17, 15) is 4.79 Å². The van der Waals surface area contributed by atoms with Gasteiger partial charge in [-0.25, -0.2) is 4.79 Å². The van der Waals surface area contributed by atoms with Crippen LogP contribution in [-0.4, -0.2) is 38.4 Å². The molecule has 0 radical (unpaired) electrons. The summed E-state index contributed by atoms with van der Waals surface area (Å²) < 4.78 is 10.5. The van der Waals surface area contributed by atoms with Gasteiger partial charge in [0.15, 0.2) is 5.60 Å². The fraction of sp³-hybridized carbons (Fsp3) is 0.933. The van der Waals surface area contributed by atoms with Gasteiger partial charge in [-0.1, -0.05) is 34.6 Å². The molecular formula is C15H33NO3. The fourth-order valence-electron chi connectivity index (χ4n) is 2.04. The van der Waals surface area contributed by atoms with Crippen molar-refractivity contribution in [1.82, 2.24) is 5.32 Å². The van der Waals surface area contributed by atoms with Crippen molar-refractivity contribution in [1.29, 1.82) is 0 Å². The number of carbonyl (C=O) groups excluding carboxylic acids is 1. The summed E-state index contributed by atoms with van der Waals surface area (Å²) in [5, 5.41) is 3.22. The van der Waals surface area contributed by atoms with Crippen molar-refractivity contribution < 1.29 is 15.7 Å². The molecule has 19 heavy (non-hydrogen) atoms. The van der Waals surface area contributed by atoms with E-state index in [0.29, 0.717) is 19.1 Å². The predicted molar refractivity (Wildman–Crippen MR) is 80.3 cm³/mol. The Morgan fingerprint density at radius 2 is 2.05 bits per heavy atom. The summed E-state index contributed by atoms with van der Waals surface area (Å²) in [4.78, 5) is 11.8. The number of hydrogen-bond donors (Lipinski definition) is 1. The molecule has 4 heteroatoms. The summed E-state index contributed by atoms with van der Waals surface area (Å²) in [5.41, 5.74) is -0.761. The molecule has 1 N–H and O–H groups in total. The minimum absolute atomic E-state index is 0. The molecule has 4 nitrogen and oxygen atoms in total. The van der Waals surface area contributed by atoms with E-state index in [2.05, 4.69) is 33.0 Å². The molecule has 116 valence electrons. The molecule has 1 rings (SSSR count). The second-order valence-corrected chi connectivity index (χ2v) is 6.01. The van der Waals surface area contributed by atoms with Crippen molar-refractivity contribution in [3.63, 3.8) is 0 Å². The Morgan fingerprint density at radius 3 is 2.47 bits per heavy atom. The van der Waals surface area contributed by atoms with Crippen molar-refractivity contribution in [2.75, 3.05) is 26.8 Å². The third kappa shape index (κ3) is 6.92. The quantitative estimate of drug-likeness (QED) is 0.801. The summed E-state index contributed by atoms with van der Waals surface area (Å²) in [7, 11) is 1.42. The van der Waals surface area contributed by atoms with Gasteiger partial charge in [-0.3, -0.25) is 0 Å². The van der Waals surface area contributed by atoms with Crippen LogP contribution in [0.1, 0.15) is 48.9 Å². The van der Waals surface area contributed by atoms with Gasteiger partial charge in [0.25, 0.3) is 0 Å². The Labute approximate surface area is 119 Å². The molecule has 0 aromatic heterocycles. The summed E-state index contributed by atoms with van der Waals surface area (Å²) in [5.74, 6) is 1.02. The van der Waals surface area contributed by atoms with Crippen molar-refractivity contribution >= 4 is 5.97 Å². The Hall–Kier alpha value is -0.610. The molecule has 1 aliphatic rings. The van der Waals surface area contributed by atoms with Gasteiger partial charge >= 0.3 is 5.97 Å². The number of rotatable bonds is 4. The fourth-order valence-corrected chi connectivity index (χ4v) is 2.04. The third-order valence-corrected chi connectivity index (χ3v) is 2.72. The first-order valence-corrected chi connectivity index (χ1v) is 7.31. The van der Waals surface area contributed by atoms with Gasteiger partial charge < -0.3 is 14.8 Å². The number of piperidine rings is 1. The van der Waals surface area contributed by atoms with Crippen LogP contribution in [0.2, 0.25) is 0 Å². The van der Waals surface area contributed by atoms with E-state index < -0.39 is 5.60 Å². The lowest BCUT2D eigenvalue weighted by molar-refractivity contribution is -0.174. The Morgan fingerprint density at radius 1 is 1.47 bits per heavy atom. The molecule has 0 aromatic rings. The van der Waals surface area contributed by atoms with Crippen LogP contribution >= 0.6 is 0 Å². The van der Waals surface area contributed by atoms with Crippen LogP contribution in [0.25, 0.3) is 0 Å².